The fourth-order valence-electron chi connectivity index (χ4n) is 12.6. The molecule has 12 aromatic carbocycles. The zero-order chi connectivity index (χ0) is 76.2. The lowest BCUT2D eigenvalue weighted by molar-refractivity contribution is 0.402. The molecule has 0 radical (unpaired) electrons. The summed E-state index contributed by atoms with van der Waals surface area (Å²) in [5.74, 6) is 1.13. The highest BCUT2D eigenvalue weighted by Gasteiger charge is 2.20. The highest BCUT2D eigenvalue weighted by Crippen LogP contribution is 2.40. The molecule has 17 N–H and O–H groups in total. The number of benzene rings is 12. The van der Waals surface area contributed by atoms with E-state index in [-0.39, 0.29) is 97.7 Å². The van der Waals surface area contributed by atoms with Crippen molar-refractivity contribution in [2.24, 2.45) is 0 Å². The molecule has 105 heavy (non-hydrogen) atoms. The molecule has 0 amide bonds. The number of phenols is 17. The largest absolute Gasteiger partial charge is 0.508 e. The van der Waals surface area contributed by atoms with E-state index in [1.54, 1.807) is 116 Å². The zero-order valence-corrected chi connectivity index (χ0v) is 59.7. The zero-order valence-electron chi connectivity index (χ0n) is 59.7. The van der Waals surface area contributed by atoms with Gasteiger partial charge >= 0.3 is 0 Å². The average molecular weight is 1420 g/mol. The number of aryl methyl sites for hydroxylation is 7. The molecule has 0 aromatic heterocycles. The Balaban J connectivity index is 0.000000162. The molecule has 0 atom stereocenters. The van der Waals surface area contributed by atoms with Gasteiger partial charge in [0.15, 0.2) is 23.0 Å². The van der Waals surface area contributed by atoms with E-state index in [1.165, 1.54) is 36.4 Å². The molecule has 12 aromatic rings. The minimum Gasteiger partial charge on any atom is -0.508 e. The van der Waals surface area contributed by atoms with Crippen molar-refractivity contribution in [1.82, 2.24) is 0 Å². The molecule has 12 rings (SSSR count). The summed E-state index contributed by atoms with van der Waals surface area (Å²) < 4.78 is 0. The summed E-state index contributed by atoms with van der Waals surface area (Å²) in [5, 5.41) is 169. The van der Waals surface area contributed by atoms with Gasteiger partial charge in [0, 0.05) is 69.1 Å². The molecular formula is C88H88O17. The van der Waals surface area contributed by atoms with E-state index in [0.29, 0.717) is 90.3 Å². The molecule has 0 aliphatic carbocycles. The van der Waals surface area contributed by atoms with E-state index < -0.39 is 0 Å². The lowest BCUT2D eigenvalue weighted by Crippen LogP contribution is -1.99. The molecule has 0 saturated carbocycles. The predicted octanol–water partition coefficient (Wildman–Crippen LogP) is 16.9. The molecule has 0 bridgehead atoms. The van der Waals surface area contributed by atoms with Gasteiger partial charge in [0.2, 0.25) is 0 Å². The molecule has 0 saturated heterocycles. The Bertz CT molecular complexity index is 4750. The summed E-state index contributed by atoms with van der Waals surface area (Å²) in [5.41, 5.74) is 19.3. The van der Waals surface area contributed by atoms with Crippen LogP contribution in [-0.4, -0.2) is 86.8 Å². The van der Waals surface area contributed by atoms with E-state index in [1.807, 2.05) is 90.9 Å². The van der Waals surface area contributed by atoms with E-state index in [0.717, 1.165) is 94.6 Å². The third-order valence-electron chi connectivity index (χ3n) is 18.5. The fourth-order valence-corrected chi connectivity index (χ4v) is 12.6. The van der Waals surface area contributed by atoms with Gasteiger partial charge in [-0.1, -0.05) is 90.5 Å². The third kappa shape index (κ3) is 19.9. The van der Waals surface area contributed by atoms with Crippen molar-refractivity contribution >= 4 is 0 Å². The second-order valence-electron chi connectivity index (χ2n) is 26.9. The Kier molecular flexibility index (Phi) is 24.3. The van der Waals surface area contributed by atoms with Crippen LogP contribution < -0.4 is 0 Å². The quantitative estimate of drug-likeness (QED) is 0.0400. The van der Waals surface area contributed by atoms with E-state index in [9.17, 15) is 86.8 Å². The van der Waals surface area contributed by atoms with Crippen LogP contribution in [0.4, 0.5) is 0 Å². The molecule has 17 nitrogen and oxygen atoms in total. The Morgan fingerprint density at radius 2 is 0.410 bits per heavy atom. The van der Waals surface area contributed by atoms with Crippen molar-refractivity contribution in [2.45, 2.75) is 107 Å². The van der Waals surface area contributed by atoms with Crippen LogP contribution >= 0.6 is 0 Å². The third-order valence-corrected chi connectivity index (χ3v) is 18.5. The summed E-state index contributed by atoms with van der Waals surface area (Å²) in [6.07, 6.45) is 3.78. The smallest absolute Gasteiger partial charge is 0.157 e. The van der Waals surface area contributed by atoms with Crippen LogP contribution in [0.2, 0.25) is 0 Å². The van der Waals surface area contributed by atoms with Gasteiger partial charge in [-0.05, 0) is 269 Å². The summed E-state index contributed by atoms with van der Waals surface area (Å²) in [6, 6.07) is 52.8. The van der Waals surface area contributed by atoms with Gasteiger partial charge in [-0.15, -0.1) is 0 Å². The van der Waals surface area contributed by atoms with Crippen molar-refractivity contribution in [3.8, 4) is 97.7 Å². The first-order chi connectivity index (χ1) is 49.7. The van der Waals surface area contributed by atoms with Gasteiger partial charge in [0.25, 0.3) is 0 Å². The van der Waals surface area contributed by atoms with Crippen molar-refractivity contribution in [1.29, 1.82) is 0 Å². The number of hydrogen-bond acceptors (Lipinski definition) is 17. The molecule has 17 heteroatoms. The Hall–Kier alpha value is -12.8. The summed E-state index contributed by atoms with van der Waals surface area (Å²) in [6.45, 7) is 14.7. The van der Waals surface area contributed by atoms with Crippen LogP contribution in [-0.2, 0) is 51.4 Å². The molecule has 0 fully saturated rings. The second kappa shape index (κ2) is 33.4. The van der Waals surface area contributed by atoms with Crippen LogP contribution in [0.25, 0.3) is 0 Å². The van der Waals surface area contributed by atoms with Crippen molar-refractivity contribution in [3.05, 3.63) is 322 Å². The minimum atomic E-state index is -0.192. The van der Waals surface area contributed by atoms with Crippen molar-refractivity contribution in [2.75, 3.05) is 0 Å². The first-order valence-corrected chi connectivity index (χ1v) is 33.9. The van der Waals surface area contributed by atoms with E-state index >= 15 is 0 Å². The minimum absolute atomic E-state index is 0.0371. The lowest BCUT2D eigenvalue weighted by Gasteiger charge is -2.15. The highest BCUT2D eigenvalue weighted by molar-refractivity contribution is 5.58. The van der Waals surface area contributed by atoms with Gasteiger partial charge in [-0.3, -0.25) is 0 Å². The maximum absolute atomic E-state index is 10.8. The Labute approximate surface area is 609 Å². The van der Waals surface area contributed by atoms with Crippen LogP contribution in [0, 0.1) is 55.4 Å². The van der Waals surface area contributed by atoms with E-state index in [4.69, 9.17) is 0 Å². The van der Waals surface area contributed by atoms with Gasteiger partial charge < -0.3 is 86.8 Å². The highest BCUT2D eigenvalue weighted by atomic mass is 16.3. The SMILES string of the molecule is Cc1c(O)c(Cc2ccc(O)cc2)cc(Cc2ccc(O)cc2)c1O.Cc1cc(Cc2cc(Cc3cc(C)c(O)c(C)c3)c(O)cc2O)cc(C)c1O.Cc1cc(Cc2cc(O)c(O)cc2C)c(O)c(Cc2cc(O)c(O)cc2C)c1.Oc1ccc(Cc2cc(Cc3ccc(O)cc3)c(O)cc2O)cc1. The molecule has 0 aliphatic rings. The first kappa shape index (κ1) is 76.4. The maximum atomic E-state index is 10.8. The number of rotatable bonds is 16. The number of hydrogen-bond donors (Lipinski definition) is 17. The maximum Gasteiger partial charge on any atom is 0.157 e. The molecule has 542 valence electrons. The number of aromatic hydroxyl groups is 17. The lowest BCUT2D eigenvalue weighted by atomic mass is 9.92. The predicted molar refractivity (Wildman–Crippen MR) is 406 cm³/mol. The van der Waals surface area contributed by atoms with Crippen LogP contribution in [0.1, 0.15) is 134 Å². The molecule has 0 aliphatic heterocycles. The summed E-state index contributed by atoms with van der Waals surface area (Å²) in [4.78, 5) is 0. The fraction of sp³-hybridized carbons (Fsp3) is 0.182. The molecular weight excluding hydrogens is 1330 g/mol. The normalized spacial score (nSPS) is 10.9. The summed E-state index contributed by atoms with van der Waals surface area (Å²) >= 11 is 0. The molecule has 0 heterocycles. The Morgan fingerprint density at radius 3 is 0.695 bits per heavy atom. The number of phenolic OH excluding ortho intramolecular Hbond substituents is 17. The molecule has 0 spiro atoms. The van der Waals surface area contributed by atoms with Crippen LogP contribution in [0.3, 0.4) is 0 Å². The van der Waals surface area contributed by atoms with Crippen LogP contribution in [0.5, 0.6) is 97.7 Å². The van der Waals surface area contributed by atoms with Gasteiger partial charge in [0.05, 0.1) is 0 Å². The Morgan fingerprint density at radius 1 is 0.171 bits per heavy atom. The average Bonchev–Trinajstić information content (AvgIpc) is 0.813. The van der Waals surface area contributed by atoms with Gasteiger partial charge in [-0.2, -0.15) is 0 Å². The summed E-state index contributed by atoms with van der Waals surface area (Å²) in [7, 11) is 0. The van der Waals surface area contributed by atoms with Gasteiger partial charge in [0.1, 0.15) is 74.7 Å². The first-order valence-electron chi connectivity index (χ1n) is 33.9. The van der Waals surface area contributed by atoms with Crippen molar-refractivity contribution < 1.29 is 86.8 Å². The van der Waals surface area contributed by atoms with Gasteiger partial charge in [-0.25, -0.2) is 0 Å². The van der Waals surface area contributed by atoms with Crippen LogP contribution in [0.15, 0.2) is 188 Å². The second-order valence-corrected chi connectivity index (χ2v) is 26.9. The standard InChI is InChI=1S/C24H26O4.C23H24O5.C21H20O4.C20H18O4/c1-13-5-17(6-14(2)23(13)27)9-19-11-20(22(26)12-21(19)25)10-18-7-15(3)24(28)16(4)8-18;1-12-4-17(8-15-10-21(26)19(24)6-13(15)2)23(28)18(5-12)9-16-11-22(27)20(25)7-14(16)3;1-13-20(24)16(10-14-2-6-18(22)7-3-14)12-17(21(13)25)11-15-4-8-19(23)9-5-15;21-17-5-1-13(2-6-17)9-15-11-16(20(24)12-19(15)23)10-14-3-7-18(22)8-4-14/h5-8,11-12,25-28H,9-10H2,1-4H3;4-7,10-11,24-28H,8-9H2,1-3H3;2-9,12,22-25H,10-11H2,1H3;1-8,11-12,21-24H,9-10H2. The topological polar surface area (TPSA) is 344 Å². The van der Waals surface area contributed by atoms with E-state index in [2.05, 4.69) is 0 Å². The molecule has 0 unspecified atom stereocenters. The monoisotopic (exact) mass is 1420 g/mol. The van der Waals surface area contributed by atoms with Crippen molar-refractivity contribution in [3.63, 3.8) is 0 Å².